The minimum Gasteiger partial charge on any atom is -0.268 e. The van der Waals surface area contributed by atoms with E-state index in [0.717, 1.165) is 16.9 Å². The molecule has 0 bridgehead atoms. The second-order valence-electron chi connectivity index (χ2n) is 4.37. The van der Waals surface area contributed by atoms with E-state index >= 15 is 0 Å². The Bertz CT molecular complexity index is 644. The smallest absolute Gasteiger partial charge is 0.267 e. The summed E-state index contributed by atoms with van der Waals surface area (Å²) in [6.45, 7) is 2.02. The monoisotopic (exact) mass is 252 g/mol. The van der Waals surface area contributed by atoms with Crippen LogP contribution in [0.3, 0.4) is 0 Å². The number of fused-ring (bicyclic) bond motifs is 1. The van der Waals surface area contributed by atoms with Gasteiger partial charge in [-0.1, -0.05) is 19.1 Å². The summed E-state index contributed by atoms with van der Waals surface area (Å²) in [5.74, 6) is -0.215. The minimum absolute atomic E-state index is 0.304. The Kier molecular flexibility index (Phi) is 2.63. The normalized spacial score (nSPS) is 13.8. The Hall–Kier alpha value is -2.49. The van der Waals surface area contributed by atoms with Crippen molar-refractivity contribution in [2.45, 2.75) is 13.3 Å². The van der Waals surface area contributed by atoms with Gasteiger partial charge in [-0.25, -0.2) is 9.88 Å². The van der Waals surface area contributed by atoms with Crippen LogP contribution in [0.5, 0.6) is 0 Å². The molecule has 0 saturated heterocycles. The molecule has 4 heteroatoms. The third-order valence-electron chi connectivity index (χ3n) is 3.24. The van der Waals surface area contributed by atoms with E-state index in [4.69, 9.17) is 0 Å². The van der Waals surface area contributed by atoms with E-state index in [1.54, 1.807) is 36.5 Å². The molecular formula is C15H12N2O2. The number of pyridine rings is 1. The SMILES string of the molecule is CCc1ccnc(N2C(=O)c3ccccc3C2=O)c1. The van der Waals surface area contributed by atoms with Gasteiger partial charge in [0, 0.05) is 6.20 Å². The molecule has 1 aromatic heterocycles. The number of anilines is 1. The summed E-state index contributed by atoms with van der Waals surface area (Å²) in [5, 5.41) is 0. The highest BCUT2D eigenvalue weighted by Crippen LogP contribution is 2.27. The van der Waals surface area contributed by atoms with Crippen molar-refractivity contribution in [3.8, 4) is 0 Å². The number of rotatable bonds is 2. The standard InChI is InChI=1S/C15H12N2O2/c1-2-10-7-8-16-13(9-10)17-14(18)11-5-3-4-6-12(11)15(17)19/h3-9H,2H2,1H3. The molecule has 0 N–H and O–H groups in total. The molecular weight excluding hydrogens is 240 g/mol. The van der Waals surface area contributed by atoms with Crippen molar-refractivity contribution >= 4 is 17.6 Å². The predicted octanol–water partition coefficient (Wildman–Crippen LogP) is 2.44. The Labute approximate surface area is 110 Å². The predicted molar refractivity (Wildman–Crippen MR) is 71.2 cm³/mol. The quantitative estimate of drug-likeness (QED) is 0.771. The highest BCUT2D eigenvalue weighted by Gasteiger charge is 2.36. The summed E-state index contributed by atoms with van der Waals surface area (Å²) in [6, 6.07) is 10.5. The summed E-state index contributed by atoms with van der Waals surface area (Å²) in [5.41, 5.74) is 1.92. The zero-order valence-corrected chi connectivity index (χ0v) is 10.5. The van der Waals surface area contributed by atoms with Gasteiger partial charge in [0.1, 0.15) is 5.82 Å². The van der Waals surface area contributed by atoms with Gasteiger partial charge in [0.2, 0.25) is 0 Å². The van der Waals surface area contributed by atoms with Crippen LogP contribution in [0.25, 0.3) is 0 Å². The summed E-state index contributed by atoms with van der Waals surface area (Å²) >= 11 is 0. The summed E-state index contributed by atoms with van der Waals surface area (Å²) in [7, 11) is 0. The first-order valence-corrected chi connectivity index (χ1v) is 6.15. The maximum Gasteiger partial charge on any atom is 0.267 e. The maximum atomic E-state index is 12.3. The molecule has 19 heavy (non-hydrogen) atoms. The molecule has 2 heterocycles. The lowest BCUT2D eigenvalue weighted by Crippen LogP contribution is -2.30. The number of amides is 2. The van der Waals surface area contributed by atoms with Crippen molar-refractivity contribution in [1.29, 1.82) is 0 Å². The molecule has 3 rings (SSSR count). The number of hydrogen-bond donors (Lipinski definition) is 0. The van der Waals surface area contributed by atoms with E-state index in [1.165, 1.54) is 0 Å². The van der Waals surface area contributed by atoms with Gasteiger partial charge in [-0.15, -0.1) is 0 Å². The van der Waals surface area contributed by atoms with Crippen molar-refractivity contribution in [3.63, 3.8) is 0 Å². The molecule has 94 valence electrons. The molecule has 1 aliphatic rings. The average molecular weight is 252 g/mol. The molecule has 0 saturated carbocycles. The van der Waals surface area contributed by atoms with Crippen LogP contribution < -0.4 is 4.90 Å². The molecule has 0 aliphatic carbocycles. The number of nitrogens with zero attached hydrogens (tertiary/aromatic N) is 2. The van der Waals surface area contributed by atoms with Crippen LogP contribution in [0.4, 0.5) is 5.82 Å². The highest BCUT2D eigenvalue weighted by atomic mass is 16.2. The molecule has 2 amide bonds. The fourth-order valence-electron chi connectivity index (χ4n) is 2.20. The van der Waals surface area contributed by atoms with Gasteiger partial charge in [0.15, 0.2) is 0 Å². The van der Waals surface area contributed by atoms with Crippen LogP contribution in [-0.2, 0) is 6.42 Å². The van der Waals surface area contributed by atoms with E-state index in [2.05, 4.69) is 4.98 Å². The molecule has 0 radical (unpaired) electrons. The second kappa shape index (κ2) is 4.31. The second-order valence-corrected chi connectivity index (χ2v) is 4.37. The first-order valence-electron chi connectivity index (χ1n) is 6.15. The van der Waals surface area contributed by atoms with Crippen LogP contribution in [0.15, 0.2) is 42.6 Å². The zero-order valence-electron chi connectivity index (χ0n) is 10.5. The van der Waals surface area contributed by atoms with Crippen LogP contribution in [0.2, 0.25) is 0 Å². The number of aromatic nitrogens is 1. The summed E-state index contributed by atoms with van der Waals surface area (Å²) in [4.78, 5) is 29.8. The fourth-order valence-corrected chi connectivity index (χ4v) is 2.20. The van der Waals surface area contributed by atoms with Gasteiger partial charge >= 0.3 is 0 Å². The number of carbonyl (C=O) groups is 2. The van der Waals surface area contributed by atoms with Gasteiger partial charge in [-0.2, -0.15) is 0 Å². The third-order valence-corrected chi connectivity index (χ3v) is 3.24. The lowest BCUT2D eigenvalue weighted by molar-refractivity contribution is 0.0925. The summed E-state index contributed by atoms with van der Waals surface area (Å²) < 4.78 is 0. The zero-order chi connectivity index (χ0) is 13.4. The van der Waals surface area contributed by atoms with Crippen LogP contribution in [0, 0.1) is 0 Å². The lowest BCUT2D eigenvalue weighted by atomic mass is 10.1. The Morgan fingerprint density at radius 3 is 2.26 bits per heavy atom. The minimum atomic E-state index is -0.304. The number of carbonyl (C=O) groups excluding carboxylic acids is 2. The Morgan fingerprint density at radius 2 is 1.68 bits per heavy atom. The number of aryl methyl sites for hydroxylation is 1. The van der Waals surface area contributed by atoms with Gasteiger partial charge in [-0.05, 0) is 36.2 Å². The van der Waals surface area contributed by atoms with Gasteiger partial charge in [-0.3, -0.25) is 9.59 Å². The average Bonchev–Trinajstić information content (AvgIpc) is 2.72. The van der Waals surface area contributed by atoms with E-state index in [0.29, 0.717) is 16.9 Å². The number of imide groups is 1. The number of hydrogen-bond acceptors (Lipinski definition) is 3. The van der Waals surface area contributed by atoms with Gasteiger partial charge < -0.3 is 0 Å². The van der Waals surface area contributed by atoms with E-state index < -0.39 is 0 Å². The van der Waals surface area contributed by atoms with Crippen molar-refractivity contribution in [2.24, 2.45) is 0 Å². The molecule has 4 nitrogen and oxygen atoms in total. The highest BCUT2D eigenvalue weighted by molar-refractivity contribution is 6.34. The molecule has 0 unspecified atom stereocenters. The molecule has 0 fully saturated rings. The van der Waals surface area contributed by atoms with Crippen molar-refractivity contribution in [3.05, 3.63) is 59.3 Å². The van der Waals surface area contributed by atoms with Gasteiger partial charge in [0.25, 0.3) is 11.8 Å². The van der Waals surface area contributed by atoms with Crippen LogP contribution in [-0.4, -0.2) is 16.8 Å². The lowest BCUT2D eigenvalue weighted by Gasteiger charge is -2.13. The molecule has 0 atom stereocenters. The maximum absolute atomic E-state index is 12.3. The first-order chi connectivity index (χ1) is 9.22. The van der Waals surface area contributed by atoms with Crippen molar-refractivity contribution in [1.82, 2.24) is 4.98 Å². The van der Waals surface area contributed by atoms with Crippen molar-refractivity contribution < 1.29 is 9.59 Å². The molecule has 2 aromatic rings. The van der Waals surface area contributed by atoms with E-state index in [1.807, 2.05) is 13.0 Å². The Balaban J connectivity index is 2.08. The third kappa shape index (κ3) is 1.73. The van der Waals surface area contributed by atoms with Gasteiger partial charge in [0.05, 0.1) is 11.1 Å². The first kappa shape index (κ1) is 11.6. The fraction of sp³-hybridized carbons (Fsp3) is 0.133. The largest absolute Gasteiger partial charge is 0.268 e. The Morgan fingerprint density at radius 1 is 1.05 bits per heavy atom. The summed E-state index contributed by atoms with van der Waals surface area (Å²) in [6.07, 6.45) is 2.45. The topological polar surface area (TPSA) is 50.3 Å². The molecule has 0 spiro atoms. The molecule has 1 aliphatic heterocycles. The molecule has 1 aromatic carbocycles. The van der Waals surface area contributed by atoms with Crippen LogP contribution >= 0.6 is 0 Å². The van der Waals surface area contributed by atoms with Crippen LogP contribution in [0.1, 0.15) is 33.2 Å². The number of benzene rings is 1. The van der Waals surface area contributed by atoms with E-state index in [-0.39, 0.29) is 11.8 Å². The van der Waals surface area contributed by atoms with E-state index in [9.17, 15) is 9.59 Å². The van der Waals surface area contributed by atoms with Crippen molar-refractivity contribution in [2.75, 3.05) is 4.90 Å².